The molecule has 0 radical (unpaired) electrons. The Balaban J connectivity index is 3.60. The maximum atomic E-state index is 11.0. The minimum absolute atomic E-state index is 0.142. The molecule has 0 bridgehead atoms. The fraction of sp³-hybridized carbons (Fsp3) is 0.889. The molecule has 0 rings (SSSR count). The van der Waals surface area contributed by atoms with Gasteiger partial charge in [0.05, 0.1) is 13.2 Å². The van der Waals surface area contributed by atoms with E-state index in [-0.39, 0.29) is 12.0 Å². The summed E-state index contributed by atoms with van der Waals surface area (Å²) in [5, 5.41) is 8.54. The van der Waals surface area contributed by atoms with Crippen molar-refractivity contribution in [1.82, 2.24) is 0 Å². The van der Waals surface area contributed by atoms with E-state index >= 15 is 0 Å². The Hall–Kier alpha value is -0.610. The first kappa shape index (κ1) is 12.4. The molecule has 0 aliphatic heterocycles. The van der Waals surface area contributed by atoms with Gasteiger partial charge in [-0.05, 0) is 11.8 Å². The molecule has 1 atom stereocenters. The molecule has 0 unspecified atom stereocenters. The summed E-state index contributed by atoms with van der Waals surface area (Å²) in [6, 6.07) is -0.903. The maximum absolute atomic E-state index is 11.0. The Labute approximate surface area is 79.1 Å². The number of hydrogen-bond donors (Lipinski definition) is 2. The quantitative estimate of drug-likeness (QED) is 0.623. The fourth-order valence-electron chi connectivity index (χ4n) is 0.639. The molecule has 13 heavy (non-hydrogen) atoms. The molecular weight excluding hydrogens is 170 g/mol. The Kier molecular flexibility index (Phi) is 4.95. The van der Waals surface area contributed by atoms with Crippen LogP contribution in [0.15, 0.2) is 0 Å². The molecule has 0 fully saturated rings. The Morgan fingerprint density at radius 3 is 2.46 bits per heavy atom. The third kappa shape index (κ3) is 6.54. The third-order valence-electron chi connectivity index (χ3n) is 1.60. The van der Waals surface area contributed by atoms with E-state index in [2.05, 4.69) is 20.8 Å². The van der Waals surface area contributed by atoms with E-state index in [1.807, 2.05) is 0 Å². The third-order valence-corrected chi connectivity index (χ3v) is 1.60. The van der Waals surface area contributed by atoms with Crippen LogP contribution in [0.2, 0.25) is 0 Å². The lowest BCUT2D eigenvalue weighted by Gasteiger charge is -2.18. The molecular formula is C9H19NO3. The SMILES string of the molecule is CC(C)(C)CCOC(=O)[C@@H](N)CO. The summed E-state index contributed by atoms with van der Waals surface area (Å²) in [5.41, 5.74) is 5.38. The van der Waals surface area contributed by atoms with E-state index in [4.69, 9.17) is 15.6 Å². The van der Waals surface area contributed by atoms with Gasteiger partial charge in [0.2, 0.25) is 0 Å². The summed E-state index contributed by atoms with van der Waals surface area (Å²) in [5.74, 6) is -0.535. The van der Waals surface area contributed by atoms with Crippen molar-refractivity contribution in [1.29, 1.82) is 0 Å². The zero-order chi connectivity index (χ0) is 10.5. The highest BCUT2D eigenvalue weighted by Crippen LogP contribution is 2.17. The first-order chi connectivity index (χ1) is 5.87. The van der Waals surface area contributed by atoms with Gasteiger partial charge in [0.15, 0.2) is 0 Å². The van der Waals surface area contributed by atoms with Gasteiger partial charge in [0.1, 0.15) is 6.04 Å². The van der Waals surface area contributed by atoms with Crippen molar-refractivity contribution in [3.8, 4) is 0 Å². The van der Waals surface area contributed by atoms with Crippen molar-refractivity contribution in [2.75, 3.05) is 13.2 Å². The lowest BCUT2D eigenvalue weighted by atomic mass is 9.93. The van der Waals surface area contributed by atoms with Crippen LogP contribution in [0.5, 0.6) is 0 Å². The second kappa shape index (κ2) is 5.19. The van der Waals surface area contributed by atoms with Gasteiger partial charge in [-0.25, -0.2) is 0 Å². The van der Waals surface area contributed by atoms with Crippen LogP contribution in [-0.4, -0.2) is 30.3 Å². The average Bonchev–Trinajstić information content (AvgIpc) is 2.00. The predicted octanol–water partition coefficient (Wildman–Crippen LogP) is 0.285. The lowest BCUT2D eigenvalue weighted by Crippen LogP contribution is -2.36. The van der Waals surface area contributed by atoms with Crippen molar-refractivity contribution in [3.63, 3.8) is 0 Å². The number of carbonyl (C=O) groups excluding carboxylic acids is 1. The molecule has 0 saturated heterocycles. The Bertz CT molecular complexity index is 163. The van der Waals surface area contributed by atoms with Crippen LogP contribution in [0.1, 0.15) is 27.2 Å². The number of carbonyl (C=O) groups is 1. The maximum Gasteiger partial charge on any atom is 0.325 e. The summed E-state index contributed by atoms with van der Waals surface area (Å²) < 4.78 is 4.85. The minimum Gasteiger partial charge on any atom is -0.464 e. The highest BCUT2D eigenvalue weighted by Gasteiger charge is 2.15. The summed E-state index contributed by atoms with van der Waals surface area (Å²) >= 11 is 0. The summed E-state index contributed by atoms with van der Waals surface area (Å²) in [6.07, 6.45) is 0.789. The second-order valence-electron chi connectivity index (χ2n) is 4.27. The predicted molar refractivity (Wildman–Crippen MR) is 50.1 cm³/mol. The van der Waals surface area contributed by atoms with Gasteiger partial charge >= 0.3 is 5.97 Å². The minimum atomic E-state index is -0.903. The fourth-order valence-corrected chi connectivity index (χ4v) is 0.639. The van der Waals surface area contributed by atoms with Crippen LogP contribution in [-0.2, 0) is 9.53 Å². The second-order valence-corrected chi connectivity index (χ2v) is 4.27. The highest BCUT2D eigenvalue weighted by atomic mass is 16.5. The van der Waals surface area contributed by atoms with Crippen LogP contribution in [0.25, 0.3) is 0 Å². The zero-order valence-electron chi connectivity index (χ0n) is 8.54. The molecule has 78 valence electrons. The molecule has 3 N–H and O–H groups in total. The van der Waals surface area contributed by atoms with E-state index in [0.29, 0.717) is 6.61 Å². The summed E-state index contributed by atoms with van der Waals surface area (Å²) in [4.78, 5) is 11.0. The van der Waals surface area contributed by atoms with Crippen LogP contribution in [0, 0.1) is 5.41 Å². The molecule has 0 heterocycles. The zero-order valence-corrected chi connectivity index (χ0v) is 8.54. The lowest BCUT2D eigenvalue weighted by molar-refractivity contribution is -0.146. The molecule has 0 aromatic carbocycles. The van der Waals surface area contributed by atoms with E-state index in [9.17, 15) is 4.79 Å². The molecule has 4 nitrogen and oxygen atoms in total. The van der Waals surface area contributed by atoms with Crippen LogP contribution >= 0.6 is 0 Å². The van der Waals surface area contributed by atoms with Gasteiger partial charge in [-0.15, -0.1) is 0 Å². The van der Waals surface area contributed by atoms with Crippen LogP contribution in [0.3, 0.4) is 0 Å². The number of aliphatic hydroxyl groups is 1. The van der Waals surface area contributed by atoms with Gasteiger partial charge in [0.25, 0.3) is 0 Å². The average molecular weight is 189 g/mol. The molecule has 0 aromatic heterocycles. The normalized spacial score (nSPS) is 13.9. The van der Waals surface area contributed by atoms with Crippen molar-refractivity contribution >= 4 is 5.97 Å². The van der Waals surface area contributed by atoms with E-state index < -0.39 is 12.0 Å². The molecule has 0 saturated carbocycles. The van der Waals surface area contributed by atoms with Crippen molar-refractivity contribution in [2.45, 2.75) is 33.2 Å². The first-order valence-electron chi connectivity index (χ1n) is 4.40. The number of ether oxygens (including phenoxy) is 1. The van der Waals surface area contributed by atoms with Crippen LogP contribution < -0.4 is 5.73 Å². The van der Waals surface area contributed by atoms with Gasteiger partial charge in [-0.2, -0.15) is 0 Å². The number of hydrogen-bond acceptors (Lipinski definition) is 4. The number of rotatable bonds is 4. The molecule has 0 spiro atoms. The monoisotopic (exact) mass is 189 g/mol. The standard InChI is InChI=1S/C9H19NO3/c1-9(2,3)4-5-13-8(12)7(10)6-11/h7,11H,4-6,10H2,1-3H3/t7-/m0/s1. The van der Waals surface area contributed by atoms with E-state index in [1.54, 1.807) is 0 Å². The van der Waals surface area contributed by atoms with E-state index in [0.717, 1.165) is 6.42 Å². The van der Waals surface area contributed by atoms with Crippen molar-refractivity contribution in [3.05, 3.63) is 0 Å². The van der Waals surface area contributed by atoms with Gasteiger partial charge in [0, 0.05) is 0 Å². The number of esters is 1. The molecule has 0 aromatic rings. The smallest absolute Gasteiger partial charge is 0.325 e. The largest absolute Gasteiger partial charge is 0.464 e. The Morgan fingerprint density at radius 2 is 2.08 bits per heavy atom. The number of nitrogens with two attached hydrogens (primary N) is 1. The molecule has 0 aliphatic rings. The van der Waals surface area contributed by atoms with Gasteiger partial charge in [-0.3, -0.25) is 4.79 Å². The molecule has 0 aliphatic carbocycles. The summed E-state index contributed by atoms with van der Waals surface area (Å²) in [6.45, 7) is 6.18. The number of aliphatic hydroxyl groups excluding tert-OH is 1. The molecule has 4 heteroatoms. The Morgan fingerprint density at radius 1 is 1.54 bits per heavy atom. The summed E-state index contributed by atoms with van der Waals surface area (Å²) in [7, 11) is 0. The van der Waals surface area contributed by atoms with Crippen LogP contribution in [0.4, 0.5) is 0 Å². The topological polar surface area (TPSA) is 72.5 Å². The molecule has 0 amide bonds. The van der Waals surface area contributed by atoms with Crippen molar-refractivity contribution < 1.29 is 14.6 Å². The van der Waals surface area contributed by atoms with Crippen molar-refractivity contribution in [2.24, 2.45) is 11.1 Å². The van der Waals surface area contributed by atoms with E-state index in [1.165, 1.54) is 0 Å². The highest BCUT2D eigenvalue weighted by molar-refractivity contribution is 5.75. The van der Waals surface area contributed by atoms with Gasteiger partial charge in [-0.1, -0.05) is 20.8 Å². The first-order valence-corrected chi connectivity index (χ1v) is 4.40. The van der Waals surface area contributed by atoms with Gasteiger partial charge < -0.3 is 15.6 Å².